The lowest BCUT2D eigenvalue weighted by atomic mass is 9.63. The summed E-state index contributed by atoms with van der Waals surface area (Å²) in [6.07, 6.45) is 5.56. The highest BCUT2D eigenvalue weighted by Crippen LogP contribution is 2.46. The van der Waals surface area contributed by atoms with E-state index in [1.807, 2.05) is 6.92 Å². The number of hydrogen-bond donors (Lipinski definition) is 1. The lowest BCUT2D eigenvalue weighted by molar-refractivity contribution is -0.139. The molecule has 0 aromatic heterocycles. The molecule has 0 aliphatic heterocycles. The Hall–Kier alpha value is -3.45. The predicted molar refractivity (Wildman–Crippen MR) is 119 cm³/mol. The Labute approximate surface area is 193 Å². The van der Waals surface area contributed by atoms with Crippen molar-refractivity contribution in [3.63, 3.8) is 0 Å². The molecule has 0 saturated heterocycles. The number of alkyl carbamates (subject to hydrolysis) is 1. The van der Waals surface area contributed by atoms with Crippen molar-refractivity contribution in [3.8, 4) is 0 Å². The molecule has 1 aliphatic rings. The fourth-order valence-corrected chi connectivity index (χ4v) is 4.36. The molecule has 0 radical (unpaired) electrons. The summed E-state index contributed by atoms with van der Waals surface area (Å²) in [5.41, 5.74) is 0.0138. The zero-order chi connectivity index (χ0) is 24.3. The van der Waals surface area contributed by atoms with Gasteiger partial charge >= 0.3 is 12.1 Å². The van der Waals surface area contributed by atoms with Crippen LogP contribution >= 0.6 is 0 Å². The zero-order valence-corrected chi connectivity index (χ0v) is 19.2. The monoisotopic (exact) mass is 458 g/mol. The molecule has 1 aromatic carbocycles. The van der Waals surface area contributed by atoms with Gasteiger partial charge in [-0.3, -0.25) is 4.79 Å². The van der Waals surface area contributed by atoms with E-state index < -0.39 is 17.8 Å². The van der Waals surface area contributed by atoms with Gasteiger partial charge in [0.25, 0.3) is 5.78 Å². The molecule has 33 heavy (non-hydrogen) atoms. The maximum absolute atomic E-state index is 12.0. The summed E-state index contributed by atoms with van der Waals surface area (Å²) in [7, 11) is 0. The van der Waals surface area contributed by atoms with Crippen molar-refractivity contribution in [2.24, 2.45) is 15.8 Å². The molecule has 1 amide bonds. The summed E-state index contributed by atoms with van der Waals surface area (Å²) in [5.74, 6) is -1.70. The number of nitrogens with one attached hydrogen (secondary N) is 1. The van der Waals surface area contributed by atoms with Crippen LogP contribution in [0.4, 0.5) is 4.79 Å². The molecule has 9 nitrogen and oxygen atoms in total. The summed E-state index contributed by atoms with van der Waals surface area (Å²) in [5, 5.41) is 2.72. The van der Waals surface area contributed by atoms with E-state index in [0.29, 0.717) is 13.0 Å². The second-order valence-corrected chi connectivity index (χ2v) is 9.17. The van der Waals surface area contributed by atoms with Gasteiger partial charge in [-0.15, -0.1) is 0 Å². The lowest BCUT2D eigenvalue weighted by Gasteiger charge is -2.45. The van der Waals surface area contributed by atoms with Crippen LogP contribution in [0.3, 0.4) is 0 Å². The van der Waals surface area contributed by atoms with Crippen LogP contribution in [0.25, 0.3) is 0 Å². The predicted octanol–water partition coefficient (Wildman–Crippen LogP) is 3.55. The molecule has 178 valence electrons. The Bertz CT molecular complexity index is 907. The molecule has 1 fully saturated rings. The van der Waals surface area contributed by atoms with Crippen LogP contribution in [0.2, 0.25) is 0 Å². The lowest BCUT2D eigenvalue weighted by Crippen LogP contribution is -2.44. The van der Waals surface area contributed by atoms with Crippen molar-refractivity contribution in [1.29, 1.82) is 0 Å². The van der Waals surface area contributed by atoms with Crippen molar-refractivity contribution >= 4 is 23.9 Å². The first-order chi connectivity index (χ1) is 15.6. The third-order valence-electron chi connectivity index (χ3n) is 5.30. The van der Waals surface area contributed by atoms with E-state index in [1.165, 1.54) is 12.1 Å². The zero-order valence-electron chi connectivity index (χ0n) is 19.2. The number of rotatable bonds is 10. The van der Waals surface area contributed by atoms with E-state index >= 15 is 0 Å². The van der Waals surface area contributed by atoms with Gasteiger partial charge in [-0.05, 0) is 30.1 Å². The quantitative estimate of drug-likeness (QED) is 0.108. The maximum Gasteiger partial charge on any atom is 0.412 e. The van der Waals surface area contributed by atoms with Crippen molar-refractivity contribution < 1.29 is 33.4 Å². The Morgan fingerprint density at radius 2 is 1.85 bits per heavy atom. The number of benzene rings is 1. The number of amides is 1. The van der Waals surface area contributed by atoms with Crippen LogP contribution in [0, 0.1) is 10.8 Å². The Kier molecular flexibility index (Phi) is 9.36. The molecule has 1 N–H and O–H groups in total. The summed E-state index contributed by atoms with van der Waals surface area (Å²) >= 11 is 0. The van der Waals surface area contributed by atoms with Gasteiger partial charge in [-0.2, -0.15) is 0 Å². The third-order valence-corrected chi connectivity index (χ3v) is 5.30. The molecular weight excluding hydrogens is 428 g/mol. The summed E-state index contributed by atoms with van der Waals surface area (Å²) in [6.45, 7) is 6.51. The van der Waals surface area contributed by atoms with E-state index in [0.717, 1.165) is 25.4 Å². The molecule has 1 saturated carbocycles. The molecular formula is C24H30N2O7. The highest BCUT2D eigenvalue weighted by Gasteiger charge is 2.41. The first-order valence-corrected chi connectivity index (χ1v) is 10.7. The highest BCUT2D eigenvalue weighted by molar-refractivity contribution is 6.40. The van der Waals surface area contributed by atoms with Gasteiger partial charge in [-0.25, -0.2) is 19.4 Å². The van der Waals surface area contributed by atoms with Gasteiger partial charge < -0.3 is 19.5 Å². The van der Waals surface area contributed by atoms with Crippen LogP contribution in [0.1, 0.15) is 50.4 Å². The van der Waals surface area contributed by atoms with Crippen molar-refractivity contribution in [3.05, 3.63) is 48.4 Å². The molecule has 1 aliphatic carbocycles. The number of carbonyl (C=O) groups excluding carboxylic acids is 4. The maximum atomic E-state index is 12.0. The Balaban J connectivity index is 1.64. The number of isocyanates is 1. The van der Waals surface area contributed by atoms with Gasteiger partial charge in [0.1, 0.15) is 25.7 Å². The van der Waals surface area contributed by atoms with E-state index in [1.54, 1.807) is 24.3 Å². The van der Waals surface area contributed by atoms with E-state index in [4.69, 9.17) is 14.2 Å². The first-order valence-electron chi connectivity index (χ1n) is 10.7. The summed E-state index contributed by atoms with van der Waals surface area (Å²) < 4.78 is 14.9. The number of nitrogens with zero attached hydrogens (tertiary/aromatic N) is 1. The van der Waals surface area contributed by atoms with Crippen LogP contribution < -0.4 is 5.32 Å². The average Bonchev–Trinajstić information content (AvgIpc) is 2.76. The second kappa shape index (κ2) is 12.0. The molecule has 0 spiro atoms. The molecule has 2 unspecified atom stereocenters. The molecule has 9 heteroatoms. The van der Waals surface area contributed by atoms with Crippen molar-refractivity contribution in [2.45, 2.75) is 46.1 Å². The Morgan fingerprint density at radius 1 is 1.12 bits per heavy atom. The van der Waals surface area contributed by atoms with Crippen LogP contribution in [-0.4, -0.2) is 49.7 Å². The minimum absolute atomic E-state index is 0.00743. The first kappa shape index (κ1) is 25.8. The number of Topliss-reactive ketones (excluding diaryl/α,β-unsaturated/α-hetero) is 1. The number of ether oxygens (including phenoxy) is 3. The SMILES string of the molecule is CC1(C)CC(N=C=O)CC(C)(CNC(=O)O/C=C\OCCOC(=O)C(=O)c2ccccc2)C1. The van der Waals surface area contributed by atoms with E-state index in [-0.39, 0.29) is 35.6 Å². The number of ketones is 1. The number of hydrogen-bond acceptors (Lipinski definition) is 8. The molecule has 2 rings (SSSR count). The van der Waals surface area contributed by atoms with Gasteiger partial charge in [0, 0.05) is 12.1 Å². The van der Waals surface area contributed by atoms with Crippen LogP contribution in [0.15, 0.2) is 47.8 Å². The molecule has 0 heterocycles. The summed E-state index contributed by atoms with van der Waals surface area (Å²) in [4.78, 5) is 50.1. The van der Waals surface area contributed by atoms with Crippen molar-refractivity contribution in [1.82, 2.24) is 5.32 Å². The minimum atomic E-state index is -0.968. The van der Waals surface area contributed by atoms with Gasteiger partial charge in [0.2, 0.25) is 6.08 Å². The Morgan fingerprint density at radius 3 is 2.55 bits per heavy atom. The smallest absolute Gasteiger partial charge is 0.412 e. The highest BCUT2D eigenvalue weighted by atomic mass is 16.6. The second-order valence-electron chi connectivity index (χ2n) is 9.17. The molecule has 2 atom stereocenters. The van der Waals surface area contributed by atoms with Gasteiger partial charge in [-0.1, -0.05) is 51.1 Å². The number of aliphatic imine (C=N–C) groups is 1. The minimum Gasteiger partial charge on any atom is -0.494 e. The van der Waals surface area contributed by atoms with Gasteiger partial charge in [0.15, 0.2) is 0 Å². The molecule has 0 bridgehead atoms. The number of esters is 1. The third kappa shape index (κ3) is 8.90. The molecule has 1 aromatic rings. The fourth-order valence-electron chi connectivity index (χ4n) is 4.36. The topological polar surface area (TPSA) is 120 Å². The summed E-state index contributed by atoms with van der Waals surface area (Å²) in [6, 6.07) is 7.98. The average molecular weight is 459 g/mol. The number of carbonyl (C=O) groups is 3. The van der Waals surface area contributed by atoms with E-state index in [2.05, 4.69) is 24.2 Å². The normalized spacial score (nSPS) is 21.5. The van der Waals surface area contributed by atoms with Crippen LogP contribution in [-0.2, 0) is 23.8 Å². The fraction of sp³-hybridized carbons (Fsp3) is 0.500. The standard InChI is InChI=1S/C24H30N2O7/c1-23(2)13-19(26-17-27)14-24(3,15-23)16-25-22(30)33-12-10-31-9-11-32-21(29)20(28)18-7-5-4-6-8-18/h4-8,10,12,19H,9,11,13-16H2,1-3H3,(H,25,30)/b12-10-. The van der Waals surface area contributed by atoms with Crippen molar-refractivity contribution in [2.75, 3.05) is 19.8 Å². The van der Waals surface area contributed by atoms with E-state index in [9.17, 15) is 19.2 Å². The largest absolute Gasteiger partial charge is 0.494 e. The van der Waals surface area contributed by atoms with Gasteiger partial charge in [0.05, 0.1) is 6.04 Å². The van der Waals surface area contributed by atoms with Crippen LogP contribution in [0.5, 0.6) is 0 Å².